The highest BCUT2D eigenvalue weighted by Crippen LogP contribution is 2.26. The Kier molecular flexibility index (Phi) is 5.04. The summed E-state index contributed by atoms with van der Waals surface area (Å²) in [6.45, 7) is 7.43. The van der Waals surface area contributed by atoms with Gasteiger partial charge in [-0.25, -0.2) is 9.37 Å². The van der Waals surface area contributed by atoms with E-state index in [1.54, 1.807) is 24.5 Å². The molecule has 0 spiro atoms. The number of aromatic nitrogens is 3. The molecule has 3 aromatic rings. The van der Waals surface area contributed by atoms with Crippen molar-refractivity contribution in [2.45, 2.75) is 45.8 Å². The van der Waals surface area contributed by atoms with Crippen molar-refractivity contribution in [1.82, 2.24) is 19.9 Å². The van der Waals surface area contributed by atoms with Crippen LogP contribution in [-0.4, -0.2) is 31.7 Å². The van der Waals surface area contributed by atoms with Gasteiger partial charge in [-0.15, -0.1) is 0 Å². The van der Waals surface area contributed by atoms with Crippen LogP contribution in [0.1, 0.15) is 39.6 Å². The van der Waals surface area contributed by atoms with Gasteiger partial charge in [-0.2, -0.15) is 0 Å². The number of hydrogen-bond donors (Lipinski definition) is 2. The first-order valence-electron chi connectivity index (χ1n) is 8.45. The van der Waals surface area contributed by atoms with E-state index >= 15 is 0 Å². The second-order valence-corrected chi connectivity index (χ2v) is 7.12. The van der Waals surface area contributed by atoms with Gasteiger partial charge < -0.3 is 9.84 Å². The molecular formula is C19H23FN4O2. The number of halogens is 1. The van der Waals surface area contributed by atoms with E-state index in [0.29, 0.717) is 16.9 Å². The van der Waals surface area contributed by atoms with Crippen molar-refractivity contribution < 1.29 is 14.2 Å². The summed E-state index contributed by atoms with van der Waals surface area (Å²) in [6, 6.07) is 7.77. The van der Waals surface area contributed by atoms with Gasteiger partial charge in [-0.3, -0.25) is 14.9 Å². The summed E-state index contributed by atoms with van der Waals surface area (Å²) in [5.74, 6) is 0.279. The average molecular weight is 358 g/mol. The lowest BCUT2D eigenvalue weighted by atomic mass is 10.2. The van der Waals surface area contributed by atoms with Gasteiger partial charge in [-0.1, -0.05) is 0 Å². The van der Waals surface area contributed by atoms with Crippen LogP contribution >= 0.6 is 0 Å². The first-order chi connectivity index (χ1) is 12.2. The average Bonchev–Trinajstić information content (AvgIpc) is 2.92. The molecule has 1 aromatic carbocycles. The molecule has 0 amide bonds. The Bertz CT molecular complexity index is 890. The Labute approximate surface area is 151 Å². The molecule has 0 saturated carbocycles. The molecule has 2 heterocycles. The Morgan fingerprint density at radius 3 is 2.69 bits per heavy atom. The third-order valence-electron chi connectivity index (χ3n) is 3.79. The number of nitrogens with zero attached hydrogens (tertiary/aromatic N) is 3. The van der Waals surface area contributed by atoms with Gasteiger partial charge in [0.05, 0.1) is 34.6 Å². The van der Waals surface area contributed by atoms with Crippen LogP contribution in [0, 0.1) is 5.82 Å². The molecule has 0 saturated heterocycles. The van der Waals surface area contributed by atoms with Gasteiger partial charge in [0.1, 0.15) is 11.6 Å². The Balaban J connectivity index is 2.02. The van der Waals surface area contributed by atoms with E-state index in [0.717, 1.165) is 5.69 Å². The molecule has 2 N–H and O–H groups in total. The molecule has 26 heavy (non-hydrogen) atoms. The van der Waals surface area contributed by atoms with E-state index in [1.807, 2.05) is 38.3 Å². The number of ether oxygens (including phenoxy) is 1. The Morgan fingerprint density at radius 1 is 1.27 bits per heavy atom. The van der Waals surface area contributed by atoms with Crippen molar-refractivity contribution in [3.05, 3.63) is 54.4 Å². The summed E-state index contributed by atoms with van der Waals surface area (Å²) in [5, 5.41) is 13.1. The van der Waals surface area contributed by atoms with Gasteiger partial charge in [0, 0.05) is 12.3 Å². The summed E-state index contributed by atoms with van der Waals surface area (Å²) in [7, 11) is 0. The first kappa shape index (κ1) is 18.4. The van der Waals surface area contributed by atoms with Gasteiger partial charge in [0.15, 0.2) is 0 Å². The fourth-order valence-electron chi connectivity index (χ4n) is 2.77. The summed E-state index contributed by atoms with van der Waals surface area (Å²) in [4.78, 5) is 8.76. The molecule has 2 aromatic heterocycles. The normalized spacial score (nSPS) is 14.5. The zero-order valence-corrected chi connectivity index (χ0v) is 15.3. The minimum Gasteiger partial charge on any atom is -0.356 e. The van der Waals surface area contributed by atoms with E-state index in [9.17, 15) is 9.50 Å². The molecule has 0 bridgehead atoms. The van der Waals surface area contributed by atoms with Gasteiger partial charge in [-0.05, 0) is 52.0 Å². The Morgan fingerprint density at radius 2 is 2.04 bits per heavy atom. The topological polar surface area (TPSA) is 72.2 Å². The maximum Gasteiger partial charge on any atom is 0.214 e. The second kappa shape index (κ2) is 7.11. The number of rotatable bonds is 5. The van der Waals surface area contributed by atoms with Gasteiger partial charge >= 0.3 is 0 Å². The quantitative estimate of drug-likeness (QED) is 0.685. The summed E-state index contributed by atoms with van der Waals surface area (Å²) < 4.78 is 21.1. The molecule has 0 aliphatic heterocycles. The maximum absolute atomic E-state index is 13.8. The highest BCUT2D eigenvalue weighted by molar-refractivity contribution is 5.78. The molecular weight excluding hydrogens is 335 g/mol. The number of aliphatic hydroxyl groups excluding tert-OH is 1. The molecule has 0 aliphatic carbocycles. The van der Waals surface area contributed by atoms with Crippen LogP contribution in [0.5, 0.6) is 0 Å². The third kappa shape index (κ3) is 4.07. The van der Waals surface area contributed by atoms with Crippen molar-refractivity contribution in [2.75, 3.05) is 0 Å². The van der Waals surface area contributed by atoms with Crippen molar-refractivity contribution in [2.24, 2.45) is 0 Å². The fourth-order valence-corrected chi connectivity index (χ4v) is 2.77. The van der Waals surface area contributed by atoms with Crippen LogP contribution in [0.2, 0.25) is 0 Å². The lowest BCUT2D eigenvalue weighted by molar-refractivity contribution is -0.185. The van der Waals surface area contributed by atoms with E-state index < -0.39 is 12.0 Å². The van der Waals surface area contributed by atoms with Crippen molar-refractivity contribution in [3.63, 3.8) is 0 Å². The largest absolute Gasteiger partial charge is 0.356 e. The third-order valence-corrected chi connectivity index (χ3v) is 3.79. The highest BCUT2D eigenvalue weighted by atomic mass is 19.1. The van der Waals surface area contributed by atoms with Gasteiger partial charge in [0.25, 0.3) is 0 Å². The predicted octanol–water partition coefficient (Wildman–Crippen LogP) is 3.30. The first-order valence-corrected chi connectivity index (χ1v) is 8.45. The van der Waals surface area contributed by atoms with Crippen LogP contribution < -0.4 is 5.32 Å². The molecule has 0 fully saturated rings. The minimum atomic E-state index is -1.16. The number of hydrogen-bond acceptors (Lipinski definition) is 5. The summed E-state index contributed by atoms with van der Waals surface area (Å²) in [6.07, 6.45) is 2.19. The molecule has 6 nitrogen and oxygen atoms in total. The number of imidazole rings is 1. The molecule has 0 aliphatic rings. The lowest BCUT2D eigenvalue weighted by Crippen LogP contribution is -2.39. The molecule has 0 radical (unpaired) electrons. The number of pyridine rings is 1. The minimum absolute atomic E-state index is 0.342. The van der Waals surface area contributed by atoms with E-state index in [2.05, 4.69) is 15.3 Å². The number of nitrogens with one attached hydrogen (secondary N) is 1. The monoisotopic (exact) mass is 358 g/mol. The van der Waals surface area contributed by atoms with Crippen LogP contribution in [0.15, 0.2) is 42.7 Å². The zero-order chi connectivity index (χ0) is 18.9. The van der Waals surface area contributed by atoms with Crippen molar-refractivity contribution >= 4 is 11.0 Å². The SMILES string of the molecule is CC(NC(O)OC(C)(C)C)c1nc2ccc(F)cc2n1-c1cccnc1. The molecule has 7 heteroatoms. The maximum atomic E-state index is 13.8. The van der Waals surface area contributed by atoms with Crippen LogP contribution in [-0.2, 0) is 4.74 Å². The molecule has 2 atom stereocenters. The lowest BCUT2D eigenvalue weighted by Gasteiger charge is -2.26. The van der Waals surface area contributed by atoms with Gasteiger partial charge in [0.2, 0.25) is 6.41 Å². The number of benzene rings is 1. The van der Waals surface area contributed by atoms with Crippen molar-refractivity contribution in [3.8, 4) is 5.69 Å². The number of fused-ring (bicyclic) bond motifs is 1. The number of aliphatic hydroxyl groups is 1. The van der Waals surface area contributed by atoms with E-state index in [-0.39, 0.29) is 11.9 Å². The summed E-state index contributed by atoms with van der Waals surface area (Å²) in [5.41, 5.74) is 1.55. The van der Waals surface area contributed by atoms with E-state index in [1.165, 1.54) is 12.1 Å². The van der Waals surface area contributed by atoms with Crippen LogP contribution in [0.25, 0.3) is 16.7 Å². The highest BCUT2D eigenvalue weighted by Gasteiger charge is 2.23. The smallest absolute Gasteiger partial charge is 0.214 e. The zero-order valence-electron chi connectivity index (χ0n) is 15.3. The van der Waals surface area contributed by atoms with Crippen LogP contribution in [0.3, 0.4) is 0 Å². The summed E-state index contributed by atoms with van der Waals surface area (Å²) >= 11 is 0. The van der Waals surface area contributed by atoms with E-state index in [4.69, 9.17) is 4.74 Å². The van der Waals surface area contributed by atoms with Crippen LogP contribution in [0.4, 0.5) is 4.39 Å². The standard InChI is InChI=1S/C19H23FN4O2/c1-12(22-18(25)26-19(2,3)4)17-23-15-8-7-13(20)10-16(15)24(17)14-6-5-9-21-11-14/h5-12,18,22,25H,1-4H3. The Hall–Kier alpha value is -2.35. The predicted molar refractivity (Wildman–Crippen MR) is 97.2 cm³/mol. The van der Waals surface area contributed by atoms with Crippen molar-refractivity contribution in [1.29, 1.82) is 0 Å². The molecule has 138 valence electrons. The fraction of sp³-hybridized carbons (Fsp3) is 0.368. The second-order valence-electron chi connectivity index (χ2n) is 7.12. The molecule has 3 rings (SSSR count). The molecule has 2 unspecified atom stereocenters.